The van der Waals surface area contributed by atoms with Gasteiger partial charge in [-0.15, -0.1) is 0 Å². The SMILES string of the molecule is CCC(CO)(CO)NS(=O)(=O)CC(=O)OC. The second-order valence-corrected chi connectivity index (χ2v) is 5.11. The van der Waals surface area contributed by atoms with Crippen LogP contribution in [0.5, 0.6) is 0 Å². The van der Waals surface area contributed by atoms with Crippen LogP contribution in [0.25, 0.3) is 0 Å². The molecule has 0 spiro atoms. The number of ether oxygens (including phenoxy) is 1. The van der Waals surface area contributed by atoms with Gasteiger partial charge in [-0.2, -0.15) is 0 Å². The Morgan fingerprint density at radius 2 is 1.88 bits per heavy atom. The Morgan fingerprint density at radius 1 is 1.38 bits per heavy atom. The Bertz CT molecular complexity index is 313. The van der Waals surface area contributed by atoms with Gasteiger partial charge >= 0.3 is 5.97 Å². The summed E-state index contributed by atoms with van der Waals surface area (Å²) in [7, 11) is -2.86. The molecule has 96 valence electrons. The van der Waals surface area contributed by atoms with Gasteiger partial charge in [0.2, 0.25) is 10.0 Å². The van der Waals surface area contributed by atoms with Crippen LogP contribution in [0.3, 0.4) is 0 Å². The van der Waals surface area contributed by atoms with Gasteiger partial charge in [-0.25, -0.2) is 13.1 Å². The summed E-state index contributed by atoms with van der Waals surface area (Å²) in [6, 6.07) is 0. The first kappa shape index (κ1) is 15.3. The molecule has 8 heteroatoms. The van der Waals surface area contributed by atoms with E-state index in [1.165, 1.54) is 0 Å². The topological polar surface area (TPSA) is 113 Å². The quantitative estimate of drug-likeness (QED) is 0.463. The predicted octanol–water partition coefficient (Wildman–Crippen LogP) is -1.79. The maximum atomic E-state index is 11.5. The molecule has 3 N–H and O–H groups in total. The first-order valence-corrected chi connectivity index (χ1v) is 6.30. The molecule has 0 bridgehead atoms. The number of sulfonamides is 1. The summed E-state index contributed by atoms with van der Waals surface area (Å²) in [5.41, 5.74) is -1.34. The second kappa shape index (κ2) is 6.14. The smallest absolute Gasteiger partial charge is 0.322 e. The Kier molecular flexibility index (Phi) is 5.87. The van der Waals surface area contributed by atoms with Crippen molar-refractivity contribution in [2.24, 2.45) is 0 Å². The minimum Gasteiger partial charge on any atom is -0.468 e. The number of carbonyl (C=O) groups excluding carboxylic acids is 1. The third-order valence-electron chi connectivity index (χ3n) is 2.19. The van der Waals surface area contributed by atoms with Gasteiger partial charge in [-0.05, 0) is 6.42 Å². The molecule has 0 aromatic rings. The Hall–Kier alpha value is -0.700. The molecule has 0 aromatic carbocycles. The monoisotopic (exact) mass is 255 g/mol. The Balaban J connectivity index is 4.73. The number of nitrogens with one attached hydrogen (secondary N) is 1. The van der Waals surface area contributed by atoms with E-state index in [0.717, 1.165) is 7.11 Å². The molecule has 0 fully saturated rings. The van der Waals surface area contributed by atoms with E-state index in [1.807, 2.05) is 0 Å². The highest BCUT2D eigenvalue weighted by Crippen LogP contribution is 2.10. The summed E-state index contributed by atoms with van der Waals surface area (Å²) in [5, 5.41) is 18.1. The third kappa shape index (κ3) is 4.44. The molecule has 0 aliphatic rings. The number of hydrogen-bond acceptors (Lipinski definition) is 6. The van der Waals surface area contributed by atoms with Gasteiger partial charge in [0.05, 0.1) is 25.9 Å². The largest absolute Gasteiger partial charge is 0.468 e. The highest BCUT2D eigenvalue weighted by molar-refractivity contribution is 7.90. The van der Waals surface area contributed by atoms with Crippen molar-refractivity contribution in [1.29, 1.82) is 0 Å². The number of methoxy groups -OCH3 is 1. The fourth-order valence-corrected chi connectivity index (χ4v) is 2.42. The zero-order chi connectivity index (χ0) is 12.8. The van der Waals surface area contributed by atoms with Crippen LogP contribution >= 0.6 is 0 Å². The standard InChI is InChI=1S/C8H17NO6S/c1-3-8(5-10,6-11)9-16(13,14)4-7(12)15-2/h9-11H,3-6H2,1-2H3. The molecule has 0 saturated heterocycles. The van der Waals surface area contributed by atoms with Crippen LogP contribution in [0.1, 0.15) is 13.3 Å². The number of carbonyl (C=O) groups is 1. The summed E-state index contributed by atoms with van der Waals surface area (Å²) in [5.74, 6) is -1.75. The van der Waals surface area contributed by atoms with Crippen molar-refractivity contribution in [3.05, 3.63) is 0 Å². The molecular formula is C8H17NO6S. The molecule has 0 saturated carbocycles. The lowest BCUT2D eigenvalue weighted by Crippen LogP contribution is -2.54. The van der Waals surface area contributed by atoms with Crippen molar-refractivity contribution in [2.75, 3.05) is 26.1 Å². The average Bonchev–Trinajstić information content (AvgIpc) is 2.25. The van der Waals surface area contributed by atoms with Crippen LogP contribution in [-0.4, -0.2) is 56.2 Å². The van der Waals surface area contributed by atoms with Crippen molar-refractivity contribution in [3.8, 4) is 0 Å². The molecule has 0 amide bonds. The van der Waals surface area contributed by atoms with Gasteiger partial charge in [-0.3, -0.25) is 4.79 Å². The first-order valence-electron chi connectivity index (χ1n) is 4.65. The van der Waals surface area contributed by atoms with Crippen LogP contribution in [0, 0.1) is 0 Å². The lowest BCUT2D eigenvalue weighted by molar-refractivity contribution is -0.137. The Labute approximate surface area is 94.5 Å². The summed E-state index contributed by atoms with van der Waals surface area (Å²) < 4.78 is 29.2. The summed E-state index contributed by atoms with van der Waals surface area (Å²) in [6.07, 6.45) is 0.195. The Morgan fingerprint density at radius 3 is 2.19 bits per heavy atom. The maximum absolute atomic E-state index is 11.5. The molecule has 0 aromatic heterocycles. The molecule has 0 unspecified atom stereocenters. The van der Waals surface area contributed by atoms with Crippen molar-refractivity contribution >= 4 is 16.0 Å². The highest BCUT2D eigenvalue weighted by atomic mass is 32.2. The summed E-state index contributed by atoms with van der Waals surface area (Å²) >= 11 is 0. The van der Waals surface area contributed by atoms with Gasteiger partial charge in [-0.1, -0.05) is 6.92 Å². The number of esters is 1. The van der Waals surface area contributed by atoms with Crippen LogP contribution < -0.4 is 4.72 Å². The van der Waals surface area contributed by atoms with E-state index in [1.54, 1.807) is 6.92 Å². The molecule has 0 aliphatic heterocycles. The lowest BCUT2D eigenvalue weighted by Gasteiger charge is -2.28. The lowest BCUT2D eigenvalue weighted by atomic mass is 10.0. The summed E-state index contributed by atoms with van der Waals surface area (Å²) in [6.45, 7) is 0.494. The zero-order valence-electron chi connectivity index (χ0n) is 9.26. The minimum atomic E-state index is -3.93. The fraction of sp³-hybridized carbons (Fsp3) is 0.875. The second-order valence-electron chi connectivity index (χ2n) is 3.39. The van der Waals surface area contributed by atoms with Crippen molar-refractivity contribution in [3.63, 3.8) is 0 Å². The molecule has 7 nitrogen and oxygen atoms in total. The van der Waals surface area contributed by atoms with Crippen LogP contribution in [0.4, 0.5) is 0 Å². The number of aliphatic hydroxyl groups excluding tert-OH is 2. The third-order valence-corrected chi connectivity index (χ3v) is 3.55. The fourth-order valence-electron chi connectivity index (χ4n) is 0.990. The van der Waals surface area contributed by atoms with Gasteiger partial charge in [0.1, 0.15) is 0 Å². The first-order chi connectivity index (χ1) is 7.34. The number of aliphatic hydroxyl groups is 2. The van der Waals surface area contributed by atoms with E-state index >= 15 is 0 Å². The maximum Gasteiger partial charge on any atom is 0.322 e. The van der Waals surface area contributed by atoms with Gasteiger partial charge in [0.25, 0.3) is 0 Å². The molecule has 0 atom stereocenters. The van der Waals surface area contributed by atoms with E-state index < -0.39 is 40.5 Å². The van der Waals surface area contributed by atoms with E-state index in [9.17, 15) is 13.2 Å². The van der Waals surface area contributed by atoms with Crippen molar-refractivity contribution < 1.29 is 28.2 Å². The average molecular weight is 255 g/mol. The normalized spacial score (nSPS) is 12.5. The van der Waals surface area contributed by atoms with Gasteiger partial charge in [0, 0.05) is 0 Å². The van der Waals surface area contributed by atoms with Gasteiger partial charge in [0.15, 0.2) is 5.75 Å². The zero-order valence-corrected chi connectivity index (χ0v) is 10.1. The van der Waals surface area contributed by atoms with Crippen LogP contribution in [-0.2, 0) is 19.6 Å². The number of rotatable bonds is 7. The predicted molar refractivity (Wildman–Crippen MR) is 56.1 cm³/mol. The van der Waals surface area contributed by atoms with Gasteiger partial charge < -0.3 is 14.9 Å². The van der Waals surface area contributed by atoms with Crippen molar-refractivity contribution in [1.82, 2.24) is 4.72 Å². The van der Waals surface area contributed by atoms with E-state index in [2.05, 4.69) is 9.46 Å². The van der Waals surface area contributed by atoms with E-state index in [4.69, 9.17) is 10.2 Å². The van der Waals surface area contributed by atoms with Crippen molar-refractivity contribution in [2.45, 2.75) is 18.9 Å². The summed E-state index contributed by atoms with van der Waals surface area (Å²) in [4.78, 5) is 10.8. The molecular weight excluding hydrogens is 238 g/mol. The van der Waals surface area contributed by atoms with Crippen LogP contribution in [0.15, 0.2) is 0 Å². The van der Waals surface area contributed by atoms with E-state index in [-0.39, 0.29) is 6.42 Å². The molecule has 0 rings (SSSR count). The van der Waals surface area contributed by atoms with E-state index in [0.29, 0.717) is 0 Å². The molecule has 0 heterocycles. The minimum absolute atomic E-state index is 0.195. The molecule has 0 aliphatic carbocycles. The molecule has 16 heavy (non-hydrogen) atoms. The molecule has 0 radical (unpaired) electrons. The highest BCUT2D eigenvalue weighted by Gasteiger charge is 2.32. The van der Waals surface area contributed by atoms with Crippen LogP contribution in [0.2, 0.25) is 0 Å². The number of hydrogen-bond donors (Lipinski definition) is 3.